The minimum atomic E-state index is 0.404. The molecule has 0 N–H and O–H groups in total. The number of morpholine rings is 1. The maximum atomic E-state index is 5.91. The maximum absolute atomic E-state index is 5.91. The highest BCUT2D eigenvalue weighted by molar-refractivity contribution is 7.07. The first-order valence-corrected chi connectivity index (χ1v) is 8.82. The molecule has 4 nitrogen and oxygen atoms in total. The minimum absolute atomic E-state index is 0.404. The molecule has 0 radical (unpaired) electrons. The van der Waals surface area contributed by atoms with E-state index in [9.17, 15) is 0 Å². The molecule has 5 heteroatoms. The molecule has 2 aliphatic rings. The van der Waals surface area contributed by atoms with Gasteiger partial charge in [0, 0.05) is 37.6 Å². The lowest BCUT2D eigenvalue weighted by atomic mass is 10.00. The lowest BCUT2D eigenvalue weighted by Gasteiger charge is -2.48. The predicted octanol–water partition coefficient (Wildman–Crippen LogP) is 2.40. The van der Waals surface area contributed by atoms with Crippen molar-refractivity contribution in [1.29, 1.82) is 0 Å². The van der Waals surface area contributed by atoms with Crippen molar-refractivity contribution in [2.75, 3.05) is 32.8 Å². The lowest BCUT2D eigenvalue weighted by molar-refractivity contribution is -0.0837. The first kappa shape index (κ1) is 14.3. The van der Waals surface area contributed by atoms with E-state index in [2.05, 4.69) is 50.5 Å². The molecule has 116 valence electrons. The molecular weight excluding hydrogens is 294 g/mol. The van der Waals surface area contributed by atoms with E-state index in [0.29, 0.717) is 12.1 Å². The van der Waals surface area contributed by atoms with Crippen molar-refractivity contribution in [2.24, 2.45) is 0 Å². The van der Waals surface area contributed by atoms with E-state index < -0.39 is 0 Å². The van der Waals surface area contributed by atoms with Crippen LogP contribution in [0.25, 0.3) is 0 Å². The van der Waals surface area contributed by atoms with Crippen molar-refractivity contribution in [2.45, 2.75) is 18.6 Å². The highest BCUT2D eigenvalue weighted by atomic mass is 32.1. The van der Waals surface area contributed by atoms with Gasteiger partial charge in [-0.05, 0) is 5.56 Å². The highest BCUT2D eigenvalue weighted by Gasteiger charge is 2.36. The Balaban J connectivity index is 1.45. The average molecular weight is 315 g/mol. The fraction of sp³-hybridized carbons (Fsp3) is 0.471. The van der Waals surface area contributed by atoms with Crippen LogP contribution in [0.1, 0.15) is 17.3 Å². The largest absolute Gasteiger partial charge is 0.378 e. The van der Waals surface area contributed by atoms with Crippen LogP contribution in [-0.2, 0) is 11.3 Å². The van der Waals surface area contributed by atoms with Gasteiger partial charge in [0.15, 0.2) is 0 Å². The monoisotopic (exact) mass is 315 g/mol. The van der Waals surface area contributed by atoms with E-state index in [1.54, 1.807) is 11.3 Å². The molecule has 1 aromatic heterocycles. The number of hydrogen-bond donors (Lipinski definition) is 0. The SMILES string of the molecule is c1ccc([C@H]2COC[C@H]3CN(Cc4cscn4)CCN32)cc1. The Kier molecular flexibility index (Phi) is 4.21. The molecule has 0 spiro atoms. The van der Waals surface area contributed by atoms with Gasteiger partial charge in [-0.3, -0.25) is 9.80 Å². The molecule has 22 heavy (non-hydrogen) atoms. The number of benzene rings is 1. The first-order valence-electron chi connectivity index (χ1n) is 7.88. The predicted molar refractivity (Wildman–Crippen MR) is 87.9 cm³/mol. The van der Waals surface area contributed by atoms with Crippen molar-refractivity contribution < 1.29 is 4.74 Å². The van der Waals surface area contributed by atoms with Gasteiger partial charge in [0.05, 0.1) is 30.5 Å². The minimum Gasteiger partial charge on any atom is -0.378 e. The normalized spacial score (nSPS) is 26.7. The van der Waals surface area contributed by atoms with Crippen LogP contribution in [-0.4, -0.2) is 53.7 Å². The molecular formula is C17H21N3OS. The van der Waals surface area contributed by atoms with Gasteiger partial charge in [-0.1, -0.05) is 30.3 Å². The van der Waals surface area contributed by atoms with Crippen molar-refractivity contribution in [3.63, 3.8) is 0 Å². The van der Waals surface area contributed by atoms with E-state index >= 15 is 0 Å². The zero-order chi connectivity index (χ0) is 14.8. The number of fused-ring (bicyclic) bond motifs is 1. The smallest absolute Gasteiger partial charge is 0.0795 e. The third-order valence-electron chi connectivity index (χ3n) is 4.65. The summed E-state index contributed by atoms with van der Waals surface area (Å²) >= 11 is 1.68. The molecule has 2 fully saturated rings. The van der Waals surface area contributed by atoms with Gasteiger partial charge in [0.2, 0.25) is 0 Å². The summed E-state index contributed by atoms with van der Waals surface area (Å²) in [6, 6.07) is 11.7. The Hall–Kier alpha value is -1.27. The molecule has 0 amide bonds. The zero-order valence-electron chi connectivity index (χ0n) is 12.6. The second kappa shape index (κ2) is 6.46. The van der Waals surface area contributed by atoms with Gasteiger partial charge >= 0.3 is 0 Å². The van der Waals surface area contributed by atoms with Crippen molar-refractivity contribution in [3.8, 4) is 0 Å². The van der Waals surface area contributed by atoms with Crippen LogP contribution < -0.4 is 0 Å². The van der Waals surface area contributed by atoms with Crippen LogP contribution in [0.5, 0.6) is 0 Å². The van der Waals surface area contributed by atoms with E-state index in [0.717, 1.165) is 39.4 Å². The van der Waals surface area contributed by atoms with Crippen LogP contribution in [0.3, 0.4) is 0 Å². The van der Waals surface area contributed by atoms with Gasteiger partial charge in [-0.2, -0.15) is 0 Å². The number of nitrogens with zero attached hydrogens (tertiary/aromatic N) is 3. The molecule has 1 aromatic carbocycles. The summed E-state index contributed by atoms with van der Waals surface area (Å²) < 4.78 is 5.91. The number of ether oxygens (including phenoxy) is 1. The third kappa shape index (κ3) is 2.94. The van der Waals surface area contributed by atoms with Gasteiger partial charge in [-0.25, -0.2) is 4.98 Å². The van der Waals surface area contributed by atoms with Gasteiger partial charge < -0.3 is 4.74 Å². The number of piperazine rings is 1. The fourth-order valence-electron chi connectivity index (χ4n) is 3.56. The van der Waals surface area contributed by atoms with Crippen LogP contribution in [0.4, 0.5) is 0 Å². The summed E-state index contributed by atoms with van der Waals surface area (Å²) in [5.41, 5.74) is 4.48. The number of rotatable bonds is 3. The molecule has 4 rings (SSSR count). The van der Waals surface area contributed by atoms with Crippen molar-refractivity contribution >= 4 is 11.3 Å². The molecule has 2 atom stereocenters. The standard InChI is InChI=1S/C17H21N3OS/c1-2-4-14(5-3-1)17-11-21-10-16-9-19(6-7-20(16)17)8-15-12-22-13-18-15/h1-5,12-13,16-17H,6-11H2/t16-,17-/m1/s1. The zero-order valence-corrected chi connectivity index (χ0v) is 13.4. The molecule has 0 unspecified atom stereocenters. The molecule has 3 heterocycles. The molecule has 2 aromatic rings. The first-order chi connectivity index (χ1) is 10.9. The molecule has 2 aliphatic heterocycles. The van der Waals surface area contributed by atoms with E-state index in [4.69, 9.17) is 4.74 Å². The molecule has 2 saturated heterocycles. The highest BCUT2D eigenvalue weighted by Crippen LogP contribution is 2.29. The Bertz CT molecular complexity index is 589. The molecule has 0 saturated carbocycles. The Labute approximate surface area is 135 Å². The Morgan fingerprint density at radius 1 is 1.18 bits per heavy atom. The van der Waals surface area contributed by atoms with Crippen LogP contribution >= 0.6 is 11.3 Å². The number of thiazole rings is 1. The maximum Gasteiger partial charge on any atom is 0.0795 e. The van der Waals surface area contributed by atoms with E-state index in [-0.39, 0.29) is 0 Å². The third-order valence-corrected chi connectivity index (χ3v) is 5.29. The summed E-state index contributed by atoms with van der Waals surface area (Å²) in [4.78, 5) is 9.55. The summed E-state index contributed by atoms with van der Waals surface area (Å²) in [7, 11) is 0. The summed E-state index contributed by atoms with van der Waals surface area (Å²) in [6.45, 7) is 5.91. The van der Waals surface area contributed by atoms with E-state index in [1.165, 1.54) is 11.3 Å². The number of aromatic nitrogens is 1. The van der Waals surface area contributed by atoms with Gasteiger partial charge in [0.25, 0.3) is 0 Å². The van der Waals surface area contributed by atoms with Crippen molar-refractivity contribution in [1.82, 2.24) is 14.8 Å². The average Bonchev–Trinajstić information content (AvgIpc) is 3.08. The van der Waals surface area contributed by atoms with Crippen LogP contribution in [0.2, 0.25) is 0 Å². The Morgan fingerprint density at radius 2 is 2.09 bits per heavy atom. The fourth-order valence-corrected chi connectivity index (χ4v) is 4.10. The second-order valence-corrected chi connectivity index (χ2v) is 6.79. The summed E-state index contributed by atoms with van der Waals surface area (Å²) in [5, 5.41) is 2.15. The second-order valence-electron chi connectivity index (χ2n) is 6.07. The van der Waals surface area contributed by atoms with Crippen LogP contribution in [0.15, 0.2) is 41.2 Å². The quantitative estimate of drug-likeness (QED) is 0.870. The summed E-state index contributed by atoms with van der Waals surface area (Å²) in [6.07, 6.45) is 0. The van der Waals surface area contributed by atoms with Gasteiger partial charge in [0.1, 0.15) is 0 Å². The molecule has 0 bridgehead atoms. The summed E-state index contributed by atoms with van der Waals surface area (Å²) in [5.74, 6) is 0. The number of hydrogen-bond acceptors (Lipinski definition) is 5. The van der Waals surface area contributed by atoms with E-state index in [1.807, 2.05) is 5.51 Å². The van der Waals surface area contributed by atoms with Crippen LogP contribution in [0, 0.1) is 0 Å². The Morgan fingerprint density at radius 3 is 2.91 bits per heavy atom. The topological polar surface area (TPSA) is 28.6 Å². The lowest BCUT2D eigenvalue weighted by Crippen LogP contribution is -2.58. The van der Waals surface area contributed by atoms with Gasteiger partial charge in [-0.15, -0.1) is 11.3 Å². The van der Waals surface area contributed by atoms with Crippen molar-refractivity contribution in [3.05, 3.63) is 52.5 Å². The molecule has 0 aliphatic carbocycles.